The number of rotatable bonds is 2. The Balaban J connectivity index is 2.33. The number of hydrogen-bond donors (Lipinski definition) is 1. The van der Waals surface area contributed by atoms with Gasteiger partial charge < -0.3 is 10.2 Å². The molecular formula is C14H28N2O. The highest BCUT2D eigenvalue weighted by Gasteiger charge is 2.22. The lowest BCUT2D eigenvalue weighted by Gasteiger charge is -2.29. The summed E-state index contributed by atoms with van der Waals surface area (Å²) < 4.78 is 0. The van der Waals surface area contributed by atoms with Gasteiger partial charge in [0.1, 0.15) is 0 Å². The molecule has 1 N–H and O–H groups in total. The van der Waals surface area contributed by atoms with Gasteiger partial charge in [0.25, 0.3) is 0 Å². The molecule has 0 bridgehead atoms. The molecule has 0 aliphatic carbocycles. The van der Waals surface area contributed by atoms with Crippen LogP contribution in [0.15, 0.2) is 0 Å². The molecule has 0 aromatic heterocycles. The average molecular weight is 240 g/mol. The maximum atomic E-state index is 12.0. The summed E-state index contributed by atoms with van der Waals surface area (Å²) in [6, 6.07) is 0.128. The van der Waals surface area contributed by atoms with E-state index in [-0.39, 0.29) is 11.4 Å². The summed E-state index contributed by atoms with van der Waals surface area (Å²) in [5.41, 5.74) is 0.256. The third-order valence-electron chi connectivity index (χ3n) is 3.93. The first-order valence-electron chi connectivity index (χ1n) is 6.94. The average Bonchev–Trinajstić information content (AvgIpc) is 2.52. The number of nitrogens with one attached hydrogen (secondary N) is 1. The molecule has 2 amide bonds. The van der Waals surface area contributed by atoms with Crippen molar-refractivity contribution in [2.24, 2.45) is 11.3 Å². The first-order chi connectivity index (χ1) is 7.91. The van der Waals surface area contributed by atoms with Crippen molar-refractivity contribution < 1.29 is 4.79 Å². The minimum atomic E-state index is 0.128. The summed E-state index contributed by atoms with van der Waals surface area (Å²) in [6.45, 7) is 11.5. The van der Waals surface area contributed by atoms with Gasteiger partial charge in [-0.2, -0.15) is 0 Å². The number of urea groups is 1. The van der Waals surface area contributed by atoms with Gasteiger partial charge in [-0.05, 0) is 24.2 Å². The Morgan fingerprint density at radius 3 is 2.18 bits per heavy atom. The van der Waals surface area contributed by atoms with Crippen molar-refractivity contribution in [2.75, 3.05) is 19.6 Å². The second kappa shape index (κ2) is 6.27. The van der Waals surface area contributed by atoms with E-state index in [1.54, 1.807) is 0 Å². The SMILES string of the molecule is CC(CNC(=O)N1CCCCCC1)C(C)(C)C. The van der Waals surface area contributed by atoms with Crippen LogP contribution in [-0.4, -0.2) is 30.6 Å². The Labute approximate surface area is 106 Å². The van der Waals surface area contributed by atoms with Crippen molar-refractivity contribution in [1.82, 2.24) is 10.2 Å². The van der Waals surface area contributed by atoms with Crippen molar-refractivity contribution in [2.45, 2.75) is 53.4 Å². The summed E-state index contributed by atoms with van der Waals surface area (Å²) in [6.07, 6.45) is 4.84. The fourth-order valence-electron chi connectivity index (χ4n) is 1.93. The molecule has 0 spiro atoms. The van der Waals surface area contributed by atoms with Gasteiger partial charge in [0, 0.05) is 19.6 Å². The molecule has 1 atom stereocenters. The summed E-state index contributed by atoms with van der Waals surface area (Å²) in [7, 11) is 0. The molecule has 1 aliphatic rings. The molecule has 0 aromatic rings. The molecular weight excluding hydrogens is 212 g/mol. The lowest BCUT2D eigenvalue weighted by Crippen LogP contribution is -2.43. The monoisotopic (exact) mass is 240 g/mol. The van der Waals surface area contributed by atoms with Crippen molar-refractivity contribution in [3.05, 3.63) is 0 Å². The molecule has 1 saturated heterocycles. The molecule has 0 saturated carbocycles. The van der Waals surface area contributed by atoms with Crippen molar-refractivity contribution in [3.8, 4) is 0 Å². The minimum absolute atomic E-state index is 0.128. The molecule has 100 valence electrons. The number of amides is 2. The fourth-order valence-corrected chi connectivity index (χ4v) is 1.93. The van der Waals surface area contributed by atoms with Gasteiger partial charge >= 0.3 is 6.03 Å². The Morgan fingerprint density at radius 1 is 1.18 bits per heavy atom. The van der Waals surface area contributed by atoms with Gasteiger partial charge in [0.05, 0.1) is 0 Å². The van der Waals surface area contributed by atoms with Crippen molar-refractivity contribution in [1.29, 1.82) is 0 Å². The lowest BCUT2D eigenvalue weighted by molar-refractivity contribution is 0.190. The summed E-state index contributed by atoms with van der Waals surface area (Å²) in [5.74, 6) is 0.499. The first kappa shape index (κ1) is 14.3. The molecule has 1 aliphatic heterocycles. The third kappa shape index (κ3) is 4.97. The van der Waals surface area contributed by atoms with E-state index in [9.17, 15) is 4.79 Å². The highest BCUT2D eigenvalue weighted by Crippen LogP contribution is 2.24. The maximum absolute atomic E-state index is 12.0. The van der Waals surface area contributed by atoms with E-state index in [0.29, 0.717) is 5.92 Å². The minimum Gasteiger partial charge on any atom is -0.338 e. The highest BCUT2D eigenvalue weighted by molar-refractivity contribution is 5.74. The first-order valence-corrected chi connectivity index (χ1v) is 6.94. The normalized spacial score (nSPS) is 19.6. The molecule has 1 fully saturated rings. The number of carbonyl (C=O) groups is 1. The zero-order chi connectivity index (χ0) is 12.9. The number of carbonyl (C=O) groups excluding carboxylic acids is 1. The van der Waals surface area contributed by atoms with Gasteiger partial charge in [0.15, 0.2) is 0 Å². The van der Waals surface area contributed by atoms with Crippen LogP contribution in [-0.2, 0) is 0 Å². The fraction of sp³-hybridized carbons (Fsp3) is 0.929. The Bertz CT molecular complexity index is 237. The standard InChI is InChI=1S/C14H28N2O/c1-12(14(2,3)4)11-15-13(17)16-9-7-5-6-8-10-16/h12H,5-11H2,1-4H3,(H,15,17). The molecule has 1 rings (SSSR count). The largest absolute Gasteiger partial charge is 0.338 e. The Hall–Kier alpha value is -0.730. The van der Waals surface area contributed by atoms with Gasteiger partial charge in [0.2, 0.25) is 0 Å². The molecule has 17 heavy (non-hydrogen) atoms. The predicted molar refractivity (Wildman–Crippen MR) is 72.1 cm³/mol. The van der Waals surface area contributed by atoms with E-state index in [1.165, 1.54) is 12.8 Å². The molecule has 3 heteroatoms. The zero-order valence-electron chi connectivity index (χ0n) is 11.9. The van der Waals surface area contributed by atoms with E-state index in [4.69, 9.17) is 0 Å². The van der Waals surface area contributed by atoms with Gasteiger partial charge in [-0.1, -0.05) is 40.5 Å². The molecule has 3 nitrogen and oxygen atoms in total. The highest BCUT2D eigenvalue weighted by atomic mass is 16.2. The van der Waals surface area contributed by atoms with Crippen LogP contribution in [0.5, 0.6) is 0 Å². The summed E-state index contributed by atoms with van der Waals surface area (Å²) >= 11 is 0. The van der Waals surface area contributed by atoms with Crippen LogP contribution in [0.25, 0.3) is 0 Å². The van der Waals surface area contributed by atoms with E-state index in [0.717, 1.165) is 32.5 Å². The molecule has 0 radical (unpaired) electrons. The second-order valence-electron chi connectivity index (χ2n) is 6.35. The van der Waals surface area contributed by atoms with Crippen LogP contribution in [0.1, 0.15) is 53.4 Å². The van der Waals surface area contributed by atoms with Crippen LogP contribution in [0.2, 0.25) is 0 Å². The maximum Gasteiger partial charge on any atom is 0.317 e. The lowest BCUT2D eigenvalue weighted by atomic mass is 9.82. The van der Waals surface area contributed by atoms with E-state index in [2.05, 4.69) is 33.0 Å². The quantitative estimate of drug-likeness (QED) is 0.789. The van der Waals surface area contributed by atoms with Crippen LogP contribution >= 0.6 is 0 Å². The molecule has 0 aromatic carbocycles. The topological polar surface area (TPSA) is 32.3 Å². The third-order valence-corrected chi connectivity index (χ3v) is 3.93. The van der Waals surface area contributed by atoms with Crippen LogP contribution < -0.4 is 5.32 Å². The number of nitrogens with zero attached hydrogens (tertiary/aromatic N) is 1. The van der Waals surface area contributed by atoms with E-state index >= 15 is 0 Å². The number of hydrogen-bond acceptors (Lipinski definition) is 1. The van der Waals surface area contributed by atoms with Gasteiger partial charge in [-0.3, -0.25) is 0 Å². The Morgan fingerprint density at radius 2 is 1.71 bits per heavy atom. The molecule has 1 unspecified atom stereocenters. The van der Waals surface area contributed by atoms with Gasteiger partial charge in [-0.25, -0.2) is 4.79 Å². The van der Waals surface area contributed by atoms with E-state index < -0.39 is 0 Å². The summed E-state index contributed by atoms with van der Waals surface area (Å²) in [4.78, 5) is 14.0. The summed E-state index contributed by atoms with van der Waals surface area (Å²) in [5, 5.41) is 3.07. The smallest absolute Gasteiger partial charge is 0.317 e. The van der Waals surface area contributed by atoms with Crippen LogP contribution in [0, 0.1) is 11.3 Å². The van der Waals surface area contributed by atoms with E-state index in [1.807, 2.05) is 4.90 Å². The van der Waals surface area contributed by atoms with Crippen molar-refractivity contribution >= 4 is 6.03 Å². The van der Waals surface area contributed by atoms with Crippen LogP contribution in [0.4, 0.5) is 4.79 Å². The predicted octanol–water partition coefficient (Wildman–Crippen LogP) is 3.25. The van der Waals surface area contributed by atoms with Crippen molar-refractivity contribution in [3.63, 3.8) is 0 Å². The van der Waals surface area contributed by atoms with Gasteiger partial charge in [-0.15, -0.1) is 0 Å². The Kier molecular flexibility index (Phi) is 5.29. The van der Waals surface area contributed by atoms with Crippen LogP contribution in [0.3, 0.4) is 0 Å². The zero-order valence-corrected chi connectivity index (χ0v) is 11.9. The number of likely N-dealkylation sites (tertiary alicyclic amines) is 1. The molecule has 1 heterocycles. The second-order valence-corrected chi connectivity index (χ2v) is 6.35.